The molecule has 1 atom stereocenters. The molecule has 0 fully saturated rings. The number of nitrogens with zero attached hydrogens (tertiary/aromatic N) is 2. The molecule has 3 N–H and O–H groups in total. The van der Waals surface area contributed by atoms with Crippen LogP contribution in [0.25, 0.3) is 0 Å². The molecular weight excluding hydrogens is 383 g/mol. The summed E-state index contributed by atoms with van der Waals surface area (Å²) in [7, 11) is 3.54. The highest BCUT2D eigenvalue weighted by molar-refractivity contribution is 14.0. The predicted octanol–water partition coefficient (Wildman–Crippen LogP) is 2.42. The molecule has 0 aromatic rings. The maximum absolute atomic E-state index is 11.8. The minimum absolute atomic E-state index is 0. The number of rotatable bonds is 5. The summed E-state index contributed by atoms with van der Waals surface area (Å²) in [5, 5.41) is 2.92. The number of alkyl carbamates (subject to hydrolysis) is 1. The van der Waals surface area contributed by atoms with Gasteiger partial charge < -0.3 is 20.7 Å². The molecule has 0 aliphatic rings. The molecule has 21 heavy (non-hydrogen) atoms. The molecule has 7 heteroatoms. The van der Waals surface area contributed by atoms with Crippen LogP contribution in [0.1, 0.15) is 41.0 Å². The quantitative estimate of drug-likeness (QED) is 0.412. The molecule has 0 aromatic carbocycles. The third kappa shape index (κ3) is 10.6. The van der Waals surface area contributed by atoms with Crippen molar-refractivity contribution in [2.24, 2.45) is 16.6 Å². The van der Waals surface area contributed by atoms with Gasteiger partial charge in [0.25, 0.3) is 0 Å². The van der Waals surface area contributed by atoms with Crippen LogP contribution in [0.3, 0.4) is 0 Å². The topological polar surface area (TPSA) is 80.0 Å². The molecule has 0 aliphatic heterocycles. The lowest BCUT2D eigenvalue weighted by atomic mass is 10.0. The van der Waals surface area contributed by atoms with Crippen LogP contribution in [-0.2, 0) is 4.74 Å². The van der Waals surface area contributed by atoms with Gasteiger partial charge in [-0.25, -0.2) is 4.79 Å². The molecule has 0 radical (unpaired) electrons. The fourth-order valence-corrected chi connectivity index (χ4v) is 1.65. The van der Waals surface area contributed by atoms with Gasteiger partial charge >= 0.3 is 6.09 Å². The van der Waals surface area contributed by atoms with Crippen LogP contribution in [0, 0.1) is 5.92 Å². The van der Waals surface area contributed by atoms with Gasteiger partial charge in [-0.1, -0.05) is 13.8 Å². The maximum atomic E-state index is 11.8. The van der Waals surface area contributed by atoms with E-state index in [0.717, 1.165) is 13.0 Å². The van der Waals surface area contributed by atoms with Crippen molar-refractivity contribution in [3.63, 3.8) is 0 Å². The molecule has 0 heterocycles. The third-order valence-electron chi connectivity index (χ3n) is 2.90. The van der Waals surface area contributed by atoms with E-state index in [4.69, 9.17) is 10.5 Å². The molecule has 0 rings (SSSR count). The zero-order valence-corrected chi connectivity index (χ0v) is 16.6. The van der Waals surface area contributed by atoms with Crippen LogP contribution in [0.15, 0.2) is 4.99 Å². The smallest absolute Gasteiger partial charge is 0.407 e. The predicted molar refractivity (Wildman–Crippen MR) is 98.2 cm³/mol. The van der Waals surface area contributed by atoms with Gasteiger partial charge in [0.1, 0.15) is 5.60 Å². The Labute approximate surface area is 145 Å². The molecule has 126 valence electrons. The van der Waals surface area contributed by atoms with Crippen molar-refractivity contribution in [3.8, 4) is 0 Å². The van der Waals surface area contributed by atoms with Gasteiger partial charge in [-0.3, -0.25) is 4.99 Å². The number of carbonyl (C=O) groups is 1. The number of hydrogen-bond acceptors (Lipinski definition) is 3. The summed E-state index contributed by atoms with van der Waals surface area (Å²) in [6.45, 7) is 10.4. The number of nitrogens with two attached hydrogens (primary N) is 1. The first kappa shape index (κ1) is 22.5. The van der Waals surface area contributed by atoms with Gasteiger partial charge in [-0.15, -0.1) is 24.0 Å². The summed E-state index contributed by atoms with van der Waals surface area (Å²) in [4.78, 5) is 17.6. The Morgan fingerprint density at radius 3 is 2.29 bits per heavy atom. The number of amides is 1. The van der Waals surface area contributed by atoms with E-state index in [9.17, 15) is 4.79 Å². The third-order valence-corrected chi connectivity index (χ3v) is 2.90. The monoisotopic (exact) mass is 414 g/mol. The Morgan fingerprint density at radius 1 is 1.38 bits per heavy atom. The SMILES string of the molecule is CN=C(N)N(C)CCC(NC(=O)OC(C)(C)C)C(C)C.I. The number of guanidine groups is 1. The molecule has 1 unspecified atom stereocenters. The molecule has 0 bridgehead atoms. The van der Waals surface area contributed by atoms with E-state index in [0.29, 0.717) is 11.9 Å². The van der Waals surface area contributed by atoms with E-state index in [-0.39, 0.29) is 36.1 Å². The second-order valence-electron chi connectivity index (χ2n) is 6.29. The number of aliphatic imine (C=N–C) groups is 1. The van der Waals surface area contributed by atoms with Crippen molar-refractivity contribution in [2.75, 3.05) is 20.6 Å². The van der Waals surface area contributed by atoms with E-state index in [1.807, 2.05) is 32.7 Å². The van der Waals surface area contributed by atoms with Crippen molar-refractivity contribution < 1.29 is 9.53 Å². The zero-order chi connectivity index (χ0) is 15.9. The van der Waals surface area contributed by atoms with Gasteiger partial charge in [0, 0.05) is 26.7 Å². The summed E-state index contributed by atoms with van der Waals surface area (Å²) < 4.78 is 5.28. The Morgan fingerprint density at radius 2 is 1.90 bits per heavy atom. The second kappa shape index (κ2) is 10.1. The summed E-state index contributed by atoms with van der Waals surface area (Å²) in [6, 6.07) is 0.0388. The number of carbonyl (C=O) groups excluding carboxylic acids is 1. The summed E-state index contributed by atoms with van der Waals surface area (Å²) >= 11 is 0. The van der Waals surface area contributed by atoms with Gasteiger partial charge in [0.2, 0.25) is 0 Å². The lowest BCUT2D eigenvalue weighted by Crippen LogP contribution is -2.44. The molecule has 1 amide bonds. The molecule has 0 spiro atoms. The van der Waals surface area contributed by atoms with Crippen LogP contribution < -0.4 is 11.1 Å². The van der Waals surface area contributed by atoms with E-state index in [1.54, 1.807) is 7.05 Å². The maximum Gasteiger partial charge on any atom is 0.407 e. The molecule has 0 aromatic heterocycles. The van der Waals surface area contributed by atoms with Crippen molar-refractivity contribution in [2.45, 2.75) is 52.7 Å². The first-order valence-electron chi connectivity index (χ1n) is 6.99. The molecular formula is C14H31IN4O2. The lowest BCUT2D eigenvalue weighted by Gasteiger charge is -2.27. The average Bonchev–Trinajstić information content (AvgIpc) is 2.30. The number of hydrogen-bond donors (Lipinski definition) is 2. The Bertz CT molecular complexity index is 340. The second-order valence-corrected chi connectivity index (χ2v) is 6.29. The van der Waals surface area contributed by atoms with Crippen LogP contribution in [0.5, 0.6) is 0 Å². The highest BCUT2D eigenvalue weighted by Crippen LogP contribution is 2.11. The van der Waals surface area contributed by atoms with E-state index >= 15 is 0 Å². The summed E-state index contributed by atoms with van der Waals surface area (Å²) in [5.74, 6) is 0.806. The van der Waals surface area contributed by atoms with Crippen LogP contribution in [-0.4, -0.2) is 49.2 Å². The Balaban J connectivity index is 0. The highest BCUT2D eigenvalue weighted by Gasteiger charge is 2.21. The lowest BCUT2D eigenvalue weighted by molar-refractivity contribution is 0.0486. The molecule has 6 nitrogen and oxygen atoms in total. The van der Waals surface area contributed by atoms with Gasteiger partial charge in [0.15, 0.2) is 5.96 Å². The Hall–Kier alpha value is -0.730. The van der Waals surface area contributed by atoms with E-state index < -0.39 is 5.60 Å². The standard InChI is InChI=1S/C14H30N4O2.HI/c1-10(2)11(8-9-18(7)12(15)16-6)17-13(19)20-14(3,4)5;/h10-11H,8-9H2,1-7H3,(H2,15,16)(H,17,19);1H. The van der Waals surface area contributed by atoms with Crippen molar-refractivity contribution >= 4 is 36.0 Å². The van der Waals surface area contributed by atoms with Crippen LogP contribution in [0.2, 0.25) is 0 Å². The van der Waals surface area contributed by atoms with Gasteiger partial charge in [-0.2, -0.15) is 0 Å². The fraction of sp³-hybridized carbons (Fsp3) is 0.857. The van der Waals surface area contributed by atoms with Crippen LogP contribution >= 0.6 is 24.0 Å². The normalized spacial score (nSPS) is 13.4. The highest BCUT2D eigenvalue weighted by atomic mass is 127. The Kier molecular flexibility index (Phi) is 10.8. The van der Waals surface area contributed by atoms with Crippen molar-refractivity contribution in [3.05, 3.63) is 0 Å². The molecule has 0 saturated heterocycles. The number of ether oxygens (including phenoxy) is 1. The van der Waals surface area contributed by atoms with Crippen molar-refractivity contribution in [1.29, 1.82) is 0 Å². The first-order valence-corrected chi connectivity index (χ1v) is 6.99. The van der Waals surface area contributed by atoms with E-state index in [2.05, 4.69) is 24.2 Å². The zero-order valence-electron chi connectivity index (χ0n) is 14.3. The average molecular weight is 414 g/mol. The number of halogens is 1. The largest absolute Gasteiger partial charge is 0.444 e. The fourth-order valence-electron chi connectivity index (χ4n) is 1.65. The molecule has 0 aliphatic carbocycles. The van der Waals surface area contributed by atoms with Crippen molar-refractivity contribution in [1.82, 2.24) is 10.2 Å². The first-order chi connectivity index (χ1) is 9.06. The minimum Gasteiger partial charge on any atom is -0.444 e. The molecule has 0 saturated carbocycles. The summed E-state index contributed by atoms with van der Waals surface area (Å²) in [5.41, 5.74) is 5.24. The van der Waals surface area contributed by atoms with Gasteiger partial charge in [0.05, 0.1) is 0 Å². The van der Waals surface area contributed by atoms with Crippen LogP contribution in [0.4, 0.5) is 4.79 Å². The minimum atomic E-state index is -0.484. The van der Waals surface area contributed by atoms with Gasteiger partial charge in [-0.05, 0) is 33.1 Å². The summed E-state index contributed by atoms with van der Waals surface area (Å²) in [6.07, 6.45) is 0.403. The number of nitrogens with one attached hydrogen (secondary N) is 1. The van der Waals surface area contributed by atoms with E-state index in [1.165, 1.54) is 0 Å².